The van der Waals surface area contributed by atoms with Gasteiger partial charge in [-0.1, -0.05) is 64.5 Å². The van der Waals surface area contributed by atoms with Crippen LogP contribution >= 0.6 is 0 Å². The minimum absolute atomic E-state index is 0. The van der Waals surface area contributed by atoms with E-state index in [1.807, 2.05) is 4.68 Å². The van der Waals surface area contributed by atoms with E-state index in [9.17, 15) is 0 Å². The van der Waals surface area contributed by atoms with Crippen molar-refractivity contribution in [3.05, 3.63) is 102 Å². The Hall–Kier alpha value is -2.51. The van der Waals surface area contributed by atoms with Crippen molar-refractivity contribution in [1.82, 2.24) is 14.8 Å². The summed E-state index contributed by atoms with van der Waals surface area (Å²) in [5.74, 6) is 0. The molecule has 3 nitrogen and oxygen atoms in total. The molecule has 0 radical (unpaired) electrons. The van der Waals surface area contributed by atoms with Gasteiger partial charge in [-0.2, -0.15) is 28.9 Å². The molecule has 2 aromatic heterocycles. The molecule has 0 saturated heterocycles. The molecule has 2 aliphatic rings. The summed E-state index contributed by atoms with van der Waals surface area (Å²) in [6.45, 7) is 9.17. The average Bonchev–Trinajstić information content (AvgIpc) is 3.80. The Bertz CT molecular complexity index is 1500. The molecular weight excluding hydrogens is 706 g/mol. The number of nitrogens with zero attached hydrogens (tertiary/aromatic N) is 3. The van der Waals surface area contributed by atoms with Crippen molar-refractivity contribution in [2.24, 2.45) is 10.8 Å². The number of benzene rings is 2. The predicted octanol–water partition coefficient (Wildman–Crippen LogP) is 9.88. The molecule has 4 aromatic rings. The van der Waals surface area contributed by atoms with Crippen LogP contribution in [-0.2, 0) is 39.3 Å². The molecule has 2 fully saturated rings. The van der Waals surface area contributed by atoms with Crippen LogP contribution < -0.4 is 0 Å². The van der Waals surface area contributed by atoms with Crippen molar-refractivity contribution in [3.8, 4) is 16.9 Å². The van der Waals surface area contributed by atoms with Crippen LogP contribution in [0.2, 0.25) is 0 Å². The Labute approximate surface area is 274 Å². The summed E-state index contributed by atoms with van der Waals surface area (Å²) in [7, 11) is 0. The van der Waals surface area contributed by atoms with Gasteiger partial charge in [0, 0.05) is 11.9 Å². The van der Waals surface area contributed by atoms with Gasteiger partial charge in [0.2, 0.25) is 0 Å². The molecule has 4 heteroatoms. The Kier molecular flexibility index (Phi) is 9.82. The number of pyridine rings is 1. The van der Waals surface area contributed by atoms with Crippen LogP contribution in [0.5, 0.6) is 0 Å². The number of hydrogen-bond acceptors (Lipinski definition) is 2. The van der Waals surface area contributed by atoms with Gasteiger partial charge in [-0.25, -0.2) is 0 Å². The second-order valence-corrected chi connectivity index (χ2v) is 13.8. The van der Waals surface area contributed by atoms with Gasteiger partial charge in [0.25, 0.3) is 0 Å². The van der Waals surface area contributed by atoms with Crippen LogP contribution in [0.3, 0.4) is 0 Å². The van der Waals surface area contributed by atoms with Crippen molar-refractivity contribution >= 4 is 0 Å². The summed E-state index contributed by atoms with van der Waals surface area (Å²) in [4.78, 5) is 5.18. The van der Waals surface area contributed by atoms with Crippen LogP contribution in [0.25, 0.3) is 16.9 Å². The van der Waals surface area contributed by atoms with E-state index in [2.05, 4.69) is 107 Å². The second-order valence-electron chi connectivity index (χ2n) is 13.8. The van der Waals surface area contributed by atoms with E-state index < -0.39 is 0 Å². The molecule has 0 N–H and O–H groups in total. The van der Waals surface area contributed by atoms with Crippen LogP contribution in [0, 0.1) is 23.0 Å². The van der Waals surface area contributed by atoms with Gasteiger partial charge in [-0.3, -0.25) is 4.68 Å². The number of hydrogen-bond donors (Lipinski definition) is 0. The van der Waals surface area contributed by atoms with Gasteiger partial charge in [-0.05, 0) is 86.7 Å². The normalized spacial score (nSPS) is 17.6. The number of aromatic nitrogens is 3. The molecule has 0 unspecified atom stereocenters. The Morgan fingerprint density at radius 3 is 2.00 bits per heavy atom. The second kappa shape index (κ2) is 13.2. The van der Waals surface area contributed by atoms with E-state index in [1.54, 1.807) is 0 Å². The van der Waals surface area contributed by atoms with Gasteiger partial charge >= 0.3 is 21.1 Å². The van der Waals surface area contributed by atoms with Gasteiger partial charge in [0.1, 0.15) is 0 Å². The van der Waals surface area contributed by atoms with Crippen molar-refractivity contribution < 1.29 is 21.1 Å². The maximum atomic E-state index is 5.18. The zero-order chi connectivity index (χ0) is 29.2. The molecule has 228 valence electrons. The van der Waals surface area contributed by atoms with Gasteiger partial charge < -0.3 is 4.98 Å². The zero-order valence-electron chi connectivity index (χ0n) is 26.5. The van der Waals surface area contributed by atoms with Crippen molar-refractivity contribution in [1.29, 1.82) is 0 Å². The Morgan fingerprint density at radius 2 is 1.37 bits per heavy atom. The third-order valence-corrected chi connectivity index (χ3v) is 10.8. The third kappa shape index (κ3) is 6.78. The third-order valence-electron chi connectivity index (χ3n) is 10.8. The van der Waals surface area contributed by atoms with E-state index in [-0.39, 0.29) is 26.5 Å². The van der Waals surface area contributed by atoms with Gasteiger partial charge in [0.15, 0.2) is 0 Å². The van der Waals surface area contributed by atoms with E-state index >= 15 is 0 Å². The monoisotopic (exact) mass is 752 g/mol. The van der Waals surface area contributed by atoms with Crippen LogP contribution in [0.15, 0.2) is 66.9 Å². The first-order chi connectivity index (χ1) is 20.3. The van der Waals surface area contributed by atoms with Crippen molar-refractivity contribution in [2.45, 2.75) is 110 Å². The molecule has 0 spiro atoms. The summed E-state index contributed by atoms with van der Waals surface area (Å²) >= 11 is 0. The molecule has 2 aliphatic carbocycles. The maximum Gasteiger partial charge on any atom is 2.00 e. The summed E-state index contributed by atoms with van der Waals surface area (Å²) in [5, 5.41) is 5.07. The minimum atomic E-state index is -0.345. The van der Waals surface area contributed by atoms with Crippen LogP contribution in [0.4, 0.5) is 0 Å². The Morgan fingerprint density at radius 1 is 0.767 bits per heavy atom. The standard InChI is InChI=1S/C39H47N3.Pt/c1-5-38(21-7-8-22-38)28-30-14-11-16-32(26-30)34-18-13-19-35(40-34)37(3,4)36-20-25-42(41-36)33-17-12-15-31(27-33)29-39(6-2)23-9-10-24-39;/h11-15,18-20,25-27H,5-10,21-24,28-29H2,1-4H3;/q-2;+2. The molecule has 2 heterocycles. The van der Waals surface area contributed by atoms with E-state index in [0.717, 1.165) is 41.2 Å². The largest absolute Gasteiger partial charge is 2.00 e. The molecule has 6 rings (SSSR count). The molecule has 0 aliphatic heterocycles. The summed E-state index contributed by atoms with van der Waals surface area (Å²) in [5.41, 5.74) is 8.52. The molecule has 43 heavy (non-hydrogen) atoms. The first-order valence-corrected chi connectivity index (χ1v) is 16.4. The summed E-state index contributed by atoms with van der Waals surface area (Å²) in [6, 6.07) is 28.7. The van der Waals surface area contributed by atoms with Gasteiger partial charge in [-0.15, -0.1) is 41.5 Å². The van der Waals surface area contributed by atoms with Crippen molar-refractivity contribution in [2.75, 3.05) is 0 Å². The van der Waals surface area contributed by atoms with Crippen LogP contribution in [-0.4, -0.2) is 14.8 Å². The fourth-order valence-electron chi connectivity index (χ4n) is 7.80. The molecule has 2 aromatic carbocycles. The van der Waals surface area contributed by atoms with Gasteiger partial charge in [0.05, 0.1) is 11.1 Å². The average molecular weight is 753 g/mol. The predicted molar refractivity (Wildman–Crippen MR) is 173 cm³/mol. The van der Waals surface area contributed by atoms with E-state index in [4.69, 9.17) is 10.1 Å². The minimum Gasteiger partial charge on any atom is -0.300 e. The zero-order valence-corrected chi connectivity index (χ0v) is 28.8. The molecule has 0 atom stereocenters. The fraction of sp³-hybridized carbons (Fsp3) is 0.487. The quantitative estimate of drug-likeness (QED) is 0.151. The molecular formula is C39H47N3Pt. The first kappa shape index (κ1) is 31.9. The van der Waals surface area contributed by atoms with E-state index in [0.29, 0.717) is 10.8 Å². The SMILES string of the molecule is CCC1(Cc2cc[c-]c(-c3cccc(C(C)(C)c4ccn(-c5[c-]ccc(CC6(CC)CCCC6)c5)n4)n3)c2)CCCC1.[Pt+2]. The number of rotatable bonds is 10. The topological polar surface area (TPSA) is 30.7 Å². The molecule has 0 amide bonds. The maximum absolute atomic E-state index is 5.18. The molecule has 2 saturated carbocycles. The Balaban J connectivity index is 0.00000368. The van der Waals surface area contributed by atoms with E-state index in [1.165, 1.54) is 75.3 Å². The summed E-state index contributed by atoms with van der Waals surface area (Å²) < 4.78 is 1.99. The molecule has 0 bridgehead atoms. The van der Waals surface area contributed by atoms with Crippen molar-refractivity contribution in [3.63, 3.8) is 0 Å². The smallest absolute Gasteiger partial charge is 0.300 e. The first-order valence-electron chi connectivity index (χ1n) is 16.4. The summed E-state index contributed by atoms with van der Waals surface area (Å²) in [6.07, 6.45) is 17.8. The fourth-order valence-corrected chi connectivity index (χ4v) is 7.80. The van der Waals surface area contributed by atoms with Crippen LogP contribution in [0.1, 0.15) is 114 Å².